The summed E-state index contributed by atoms with van der Waals surface area (Å²) in [5.74, 6) is 0.253. The van der Waals surface area contributed by atoms with E-state index in [0.29, 0.717) is 18.0 Å². The molecule has 1 fully saturated rings. The van der Waals surface area contributed by atoms with Gasteiger partial charge in [-0.1, -0.05) is 42.8 Å². The van der Waals surface area contributed by atoms with E-state index in [4.69, 9.17) is 4.74 Å². The van der Waals surface area contributed by atoms with Gasteiger partial charge in [-0.05, 0) is 49.2 Å². The van der Waals surface area contributed by atoms with Crippen molar-refractivity contribution in [1.82, 2.24) is 10.2 Å². The van der Waals surface area contributed by atoms with Crippen molar-refractivity contribution in [3.8, 4) is 5.75 Å². The lowest BCUT2D eigenvalue weighted by Crippen LogP contribution is -2.50. The maximum Gasteiger partial charge on any atom is 0.263 e. The molecule has 6 heteroatoms. The van der Waals surface area contributed by atoms with E-state index < -0.39 is 6.10 Å². The molecule has 0 saturated carbocycles. The first kappa shape index (κ1) is 20.4. The van der Waals surface area contributed by atoms with Gasteiger partial charge in [-0.2, -0.15) is 0 Å². The van der Waals surface area contributed by atoms with E-state index in [1.807, 2.05) is 24.3 Å². The summed E-state index contributed by atoms with van der Waals surface area (Å²) in [6.45, 7) is 5.36. The lowest BCUT2D eigenvalue weighted by atomic mass is 10.0. The molecule has 2 aromatic rings. The van der Waals surface area contributed by atoms with Gasteiger partial charge >= 0.3 is 0 Å². The predicted octanol–water partition coefficient (Wildman–Crippen LogP) is 3.10. The van der Waals surface area contributed by atoms with E-state index >= 15 is 0 Å². The molecule has 1 saturated heterocycles. The first-order valence-electron chi connectivity index (χ1n) is 10.7. The third-order valence-corrected chi connectivity index (χ3v) is 5.86. The summed E-state index contributed by atoms with van der Waals surface area (Å²) in [7, 11) is 0. The zero-order valence-corrected chi connectivity index (χ0v) is 17.5. The van der Waals surface area contributed by atoms with Crippen LogP contribution in [0.2, 0.25) is 0 Å². The van der Waals surface area contributed by atoms with Gasteiger partial charge < -0.3 is 15.0 Å². The molecule has 6 nitrogen and oxygen atoms in total. The van der Waals surface area contributed by atoms with Crippen LogP contribution in [0.15, 0.2) is 48.5 Å². The fourth-order valence-corrected chi connectivity index (χ4v) is 4.21. The van der Waals surface area contributed by atoms with Crippen molar-refractivity contribution >= 4 is 17.5 Å². The Morgan fingerprint density at radius 3 is 2.47 bits per heavy atom. The monoisotopic (exact) mass is 407 g/mol. The molecule has 2 aliphatic rings. The van der Waals surface area contributed by atoms with Crippen molar-refractivity contribution in [2.24, 2.45) is 0 Å². The number of benzene rings is 2. The molecule has 1 unspecified atom stereocenters. The highest BCUT2D eigenvalue weighted by molar-refractivity contribution is 5.95. The molecular formula is C24H29N3O3. The molecule has 0 spiro atoms. The lowest BCUT2D eigenvalue weighted by molar-refractivity contribution is -0.128. The minimum atomic E-state index is -0.724. The SMILES string of the molecule is CC(=O)N1CC(C(=O)NCc2ccccc2CN2CCCCC2)Oc2ccccc21. The van der Waals surface area contributed by atoms with Gasteiger partial charge in [0.25, 0.3) is 5.91 Å². The van der Waals surface area contributed by atoms with Crippen LogP contribution in [0.4, 0.5) is 5.69 Å². The predicted molar refractivity (Wildman–Crippen MR) is 116 cm³/mol. The fourth-order valence-electron chi connectivity index (χ4n) is 4.21. The van der Waals surface area contributed by atoms with Gasteiger partial charge in [0.1, 0.15) is 5.75 Å². The van der Waals surface area contributed by atoms with Gasteiger partial charge in [-0.25, -0.2) is 0 Å². The molecule has 2 heterocycles. The average molecular weight is 408 g/mol. The number of rotatable bonds is 5. The normalized spacial score (nSPS) is 19.0. The largest absolute Gasteiger partial charge is 0.477 e. The molecule has 158 valence electrons. The number of fused-ring (bicyclic) bond motifs is 1. The Bertz CT molecular complexity index is 908. The van der Waals surface area contributed by atoms with Crippen LogP contribution in [0.1, 0.15) is 37.3 Å². The van der Waals surface area contributed by atoms with Gasteiger partial charge in [0, 0.05) is 20.0 Å². The van der Waals surface area contributed by atoms with Gasteiger partial charge in [0.2, 0.25) is 5.91 Å². The Balaban J connectivity index is 1.41. The van der Waals surface area contributed by atoms with Crippen LogP contribution in [0, 0.1) is 0 Å². The zero-order chi connectivity index (χ0) is 20.9. The van der Waals surface area contributed by atoms with Crippen molar-refractivity contribution in [3.05, 3.63) is 59.7 Å². The lowest BCUT2D eigenvalue weighted by Gasteiger charge is -2.33. The summed E-state index contributed by atoms with van der Waals surface area (Å²) in [6, 6.07) is 15.6. The second kappa shape index (κ2) is 9.30. The molecule has 1 N–H and O–H groups in total. The Kier molecular flexibility index (Phi) is 6.33. The summed E-state index contributed by atoms with van der Waals surface area (Å²) < 4.78 is 5.90. The number of ether oxygens (including phenoxy) is 1. The van der Waals surface area contributed by atoms with Crippen molar-refractivity contribution in [1.29, 1.82) is 0 Å². The molecule has 0 aliphatic carbocycles. The van der Waals surface area contributed by atoms with Gasteiger partial charge in [-0.3, -0.25) is 14.5 Å². The minimum Gasteiger partial charge on any atom is -0.477 e. The molecule has 4 rings (SSSR count). The molecule has 0 aromatic heterocycles. The number of nitrogens with zero attached hydrogens (tertiary/aromatic N) is 2. The number of amides is 2. The number of carbonyl (C=O) groups excluding carboxylic acids is 2. The number of anilines is 1. The van der Waals surface area contributed by atoms with Crippen LogP contribution in [0.25, 0.3) is 0 Å². The smallest absolute Gasteiger partial charge is 0.263 e. The molecule has 0 bridgehead atoms. The number of para-hydroxylation sites is 2. The van der Waals surface area contributed by atoms with E-state index in [0.717, 1.165) is 25.2 Å². The highest BCUT2D eigenvalue weighted by atomic mass is 16.5. The molecule has 0 radical (unpaired) electrons. The molecule has 2 amide bonds. The zero-order valence-electron chi connectivity index (χ0n) is 17.5. The van der Waals surface area contributed by atoms with E-state index in [1.54, 1.807) is 11.0 Å². The van der Waals surface area contributed by atoms with Crippen LogP contribution in [-0.2, 0) is 22.7 Å². The number of nitrogens with one attached hydrogen (secondary N) is 1. The van der Waals surface area contributed by atoms with Gasteiger partial charge in [0.15, 0.2) is 6.10 Å². The molecule has 1 atom stereocenters. The molecular weight excluding hydrogens is 378 g/mol. The Labute approximate surface area is 177 Å². The first-order chi connectivity index (χ1) is 14.6. The third kappa shape index (κ3) is 4.65. The number of hydrogen-bond acceptors (Lipinski definition) is 4. The topological polar surface area (TPSA) is 61.9 Å². The maximum atomic E-state index is 12.9. The summed E-state index contributed by atoms with van der Waals surface area (Å²) in [5.41, 5.74) is 3.08. The van der Waals surface area contributed by atoms with Crippen LogP contribution in [0.3, 0.4) is 0 Å². The van der Waals surface area contributed by atoms with Gasteiger partial charge in [-0.15, -0.1) is 0 Å². The Morgan fingerprint density at radius 2 is 1.70 bits per heavy atom. The molecule has 2 aromatic carbocycles. The van der Waals surface area contributed by atoms with Crippen LogP contribution in [0.5, 0.6) is 5.75 Å². The van der Waals surface area contributed by atoms with Crippen LogP contribution < -0.4 is 15.0 Å². The van der Waals surface area contributed by atoms with Crippen molar-refractivity contribution in [2.75, 3.05) is 24.5 Å². The maximum absolute atomic E-state index is 12.9. The van der Waals surface area contributed by atoms with E-state index in [9.17, 15) is 9.59 Å². The van der Waals surface area contributed by atoms with E-state index in [-0.39, 0.29) is 18.4 Å². The first-order valence-corrected chi connectivity index (χ1v) is 10.7. The molecule has 30 heavy (non-hydrogen) atoms. The minimum absolute atomic E-state index is 0.101. The Morgan fingerprint density at radius 1 is 1.00 bits per heavy atom. The van der Waals surface area contributed by atoms with E-state index in [1.165, 1.54) is 31.7 Å². The summed E-state index contributed by atoms with van der Waals surface area (Å²) in [5, 5.41) is 3.02. The average Bonchev–Trinajstić information content (AvgIpc) is 2.78. The number of piperidine rings is 1. The second-order valence-electron chi connectivity index (χ2n) is 8.03. The standard InChI is InChI=1S/C24H29N3O3/c1-18(28)27-17-23(30-22-12-6-5-11-21(22)27)24(29)25-15-19-9-3-4-10-20(19)16-26-13-7-2-8-14-26/h3-6,9-12,23H,2,7-8,13-17H2,1H3,(H,25,29). The molecule has 2 aliphatic heterocycles. The van der Waals surface area contributed by atoms with Crippen molar-refractivity contribution in [2.45, 2.75) is 45.4 Å². The highest BCUT2D eigenvalue weighted by Gasteiger charge is 2.32. The number of likely N-dealkylation sites (tertiary alicyclic amines) is 1. The second-order valence-corrected chi connectivity index (χ2v) is 8.03. The third-order valence-electron chi connectivity index (χ3n) is 5.86. The number of carbonyl (C=O) groups is 2. The summed E-state index contributed by atoms with van der Waals surface area (Å²) >= 11 is 0. The summed E-state index contributed by atoms with van der Waals surface area (Å²) in [4.78, 5) is 29.0. The number of hydrogen-bond donors (Lipinski definition) is 1. The van der Waals surface area contributed by atoms with E-state index in [2.05, 4.69) is 28.4 Å². The summed E-state index contributed by atoms with van der Waals surface area (Å²) in [6.07, 6.45) is 3.10. The van der Waals surface area contributed by atoms with Gasteiger partial charge in [0.05, 0.1) is 12.2 Å². The quantitative estimate of drug-likeness (QED) is 0.827. The Hall–Kier alpha value is -2.86. The highest BCUT2D eigenvalue weighted by Crippen LogP contribution is 2.33. The van der Waals surface area contributed by atoms with Crippen LogP contribution in [-0.4, -0.2) is 42.5 Å². The van der Waals surface area contributed by atoms with Crippen molar-refractivity contribution < 1.29 is 14.3 Å². The van der Waals surface area contributed by atoms with Crippen molar-refractivity contribution in [3.63, 3.8) is 0 Å². The van der Waals surface area contributed by atoms with Crippen LogP contribution >= 0.6 is 0 Å². The fraction of sp³-hybridized carbons (Fsp3) is 0.417.